The highest BCUT2D eigenvalue weighted by molar-refractivity contribution is 7.99. The average Bonchev–Trinajstić information content (AvgIpc) is 2.95. The van der Waals surface area contributed by atoms with Gasteiger partial charge in [-0.25, -0.2) is 4.98 Å². The molecule has 7 nitrogen and oxygen atoms in total. The number of pyridine rings is 1. The molecule has 1 aliphatic heterocycles. The van der Waals surface area contributed by atoms with Crippen molar-refractivity contribution in [3.63, 3.8) is 0 Å². The van der Waals surface area contributed by atoms with Crippen LogP contribution in [-0.4, -0.2) is 37.6 Å². The second kappa shape index (κ2) is 9.32. The van der Waals surface area contributed by atoms with Crippen molar-refractivity contribution in [2.75, 3.05) is 25.7 Å². The summed E-state index contributed by atoms with van der Waals surface area (Å²) in [6.07, 6.45) is 1.69. The van der Waals surface area contributed by atoms with Gasteiger partial charge in [-0.2, -0.15) is 0 Å². The Morgan fingerprint density at radius 2 is 1.91 bits per heavy atom. The average molecular weight is 450 g/mol. The van der Waals surface area contributed by atoms with Gasteiger partial charge in [0.15, 0.2) is 11.5 Å². The van der Waals surface area contributed by atoms with Crippen LogP contribution in [0.3, 0.4) is 0 Å². The van der Waals surface area contributed by atoms with Crippen molar-refractivity contribution < 1.29 is 19.1 Å². The molecule has 4 rings (SSSR count). The van der Waals surface area contributed by atoms with Gasteiger partial charge in [0.1, 0.15) is 5.03 Å². The maximum Gasteiger partial charge on any atom is 0.261 e. The van der Waals surface area contributed by atoms with E-state index in [9.17, 15) is 9.59 Å². The number of hydrogen-bond donors (Lipinski definition) is 1. The Balaban J connectivity index is 1.56. The summed E-state index contributed by atoms with van der Waals surface area (Å²) in [5.74, 6) is 0.787. The number of rotatable bonds is 6. The summed E-state index contributed by atoms with van der Waals surface area (Å²) < 4.78 is 10.5. The molecule has 2 aromatic carbocycles. The fourth-order valence-corrected chi connectivity index (χ4v) is 4.62. The van der Waals surface area contributed by atoms with Crippen molar-refractivity contribution in [2.24, 2.45) is 0 Å². The lowest BCUT2D eigenvalue weighted by Gasteiger charge is -2.21. The fourth-order valence-electron chi connectivity index (χ4n) is 3.54. The lowest BCUT2D eigenvalue weighted by molar-refractivity contribution is 0.0949. The van der Waals surface area contributed by atoms with E-state index in [-0.39, 0.29) is 11.8 Å². The summed E-state index contributed by atoms with van der Waals surface area (Å²) in [6, 6.07) is 14.5. The van der Waals surface area contributed by atoms with Gasteiger partial charge in [0, 0.05) is 29.7 Å². The predicted molar refractivity (Wildman–Crippen MR) is 123 cm³/mol. The van der Waals surface area contributed by atoms with Crippen LogP contribution in [0.1, 0.15) is 33.2 Å². The number of methoxy groups -OCH3 is 2. The molecule has 1 N–H and O–H groups in total. The molecule has 8 heteroatoms. The number of fused-ring (bicyclic) bond motifs is 2. The molecule has 0 unspecified atom stereocenters. The van der Waals surface area contributed by atoms with Crippen LogP contribution in [0, 0.1) is 0 Å². The number of amides is 2. The van der Waals surface area contributed by atoms with Crippen LogP contribution in [-0.2, 0) is 6.54 Å². The number of nitrogens with zero attached hydrogens (tertiary/aromatic N) is 2. The standard InChI is InChI=1S/C24H23N3O4S/c1-4-27-18-9-7-15(12-21(18)32-23-17(24(27)29)6-5-11-25-23)14-26-22(28)16-8-10-19(30-2)20(13-16)31-3/h5-13H,4,14H2,1-3H3,(H,26,28). The van der Waals surface area contributed by atoms with Crippen molar-refractivity contribution in [2.45, 2.75) is 23.4 Å². The van der Waals surface area contributed by atoms with Gasteiger partial charge in [0.25, 0.3) is 11.8 Å². The zero-order valence-electron chi connectivity index (χ0n) is 18.0. The number of aromatic nitrogens is 1. The van der Waals surface area contributed by atoms with E-state index < -0.39 is 0 Å². The summed E-state index contributed by atoms with van der Waals surface area (Å²) in [5.41, 5.74) is 2.84. The van der Waals surface area contributed by atoms with Crippen LogP contribution in [0.25, 0.3) is 0 Å². The number of ether oxygens (including phenoxy) is 2. The molecule has 0 fully saturated rings. The minimum Gasteiger partial charge on any atom is -0.493 e. The number of carbonyl (C=O) groups is 2. The Morgan fingerprint density at radius 1 is 1.09 bits per heavy atom. The summed E-state index contributed by atoms with van der Waals surface area (Å²) in [7, 11) is 3.08. The van der Waals surface area contributed by atoms with E-state index in [0.29, 0.717) is 40.7 Å². The Kier molecular flexibility index (Phi) is 6.32. The molecule has 1 aromatic heterocycles. The Morgan fingerprint density at radius 3 is 2.66 bits per heavy atom. The molecule has 0 aliphatic carbocycles. The van der Waals surface area contributed by atoms with Crippen LogP contribution in [0.2, 0.25) is 0 Å². The number of benzene rings is 2. The molecular weight excluding hydrogens is 426 g/mol. The fraction of sp³-hybridized carbons (Fsp3) is 0.208. The molecule has 32 heavy (non-hydrogen) atoms. The molecule has 1 aliphatic rings. The van der Waals surface area contributed by atoms with Gasteiger partial charge in [-0.05, 0) is 55.0 Å². The van der Waals surface area contributed by atoms with E-state index in [4.69, 9.17) is 9.47 Å². The number of carbonyl (C=O) groups excluding carboxylic acids is 2. The quantitative estimate of drug-likeness (QED) is 0.609. The lowest BCUT2D eigenvalue weighted by Crippen LogP contribution is -2.30. The smallest absolute Gasteiger partial charge is 0.261 e. The molecule has 0 saturated heterocycles. The normalized spacial score (nSPS) is 12.5. The molecule has 0 radical (unpaired) electrons. The van der Waals surface area contributed by atoms with Crippen molar-refractivity contribution >= 4 is 29.3 Å². The van der Waals surface area contributed by atoms with E-state index in [1.165, 1.54) is 18.9 Å². The first-order valence-electron chi connectivity index (χ1n) is 10.1. The van der Waals surface area contributed by atoms with E-state index >= 15 is 0 Å². The second-order valence-electron chi connectivity index (χ2n) is 7.06. The van der Waals surface area contributed by atoms with Crippen molar-refractivity contribution in [3.8, 4) is 11.5 Å². The Hall–Kier alpha value is -3.52. The third-order valence-electron chi connectivity index (χ3n) is 5.18. The lowest BCUT2D eigenvalue weighted by atomic mass is 10.1. The number of nitrogens with one attached hydrogen (secondary N) is 1. The number of anilines is 1. The van der Waals surface area contributed by atoms with Gasteiger partial charge in [0.05, 0.1) is 25.5 Å². The molecule has 2 amide bonds. The Labute approximate surface area is 190 Å². The topological polar surface area (TPSA) is 80.8 Å². The van der Waals surface area contributed by atoms with E-state index in [0.717, 1.165) is 16.1 Å². The summed E-state index contributed by atoms with van der Waals surface area (Å²) in [4.78, 5) is 32.7. The third-order valence-corrected chi connectivity index (χ3v) is 6.25. The third kappa shape index (κ3) is 4.13. The molecular formula is C24H23N3O4S. The monoisotopic (exact) mass is 449 g/mol. The van der Waals surface area contributed by atoms with Gasteiger partial charge >= 0.3 is 0 Å². The van der Waals surface area contributed by atoms with Gasteiger partial charge < -0.3 is 19.7 Å². The first-order valence-corrected chi connectivity index (χ1v) is 10.9. The van der Waals surface area contributed by atoms with Crippen molar-refractivity contribution in [3.05, 3.63) is 71.4 Å². The zero-order valence-corrected chi connectivity index (χ0v) is 18.9. The first-order chi connectivity index (χ1) is 15.5. The number of hydrogen-bond acceptors (Lipinski definition) is 6. The van der Waals surface area contributed by atoms with E-state index in [2.05, 4.69) is 10.3 Å². The SMILES string of the molecule is CCN1C(=O)c2cccnc2Sc2cc(CNC(=O)c3ccc(OC)c(OC)c3)ccc21. The highest BCUT2D eigenvalue weighted by Crippen LogP contribution is 2.40. The minimum absolute atomic E-state index is 0.0589. The molecule has 2 heterocycles. The van der Waals surface area contributed by atoms with Crippen molar-refractivity contribution in [1.82, 2.24) is 10.3 Å². The Bertz CT molecular complexity index is 1180. The van der Waals surface area contributed by atoms with Gasteiger partial charge in [-0.3, -0.25) is 9.59 Å². The molecule has 0 saturated carbocycles. The van der Waals surface area contributed by atoms with Crippen LogP contribution in [0.15, 0.2) is 64.6 Å². The van der Waals surface area contributed by atoms with E-state index in [1.807, 2.05) is 25.1 Å². The summed E-state index contributed by atoms with van der Waals surface area (Å²) >= 11 is 1.46. The molecule has 0 atom stereocenters. The summed E-state index contributed by atoms with van der Waals surface area (Å²) in [6.45, 7) is 2.84. The predicted octanol–water partition coefficient (Wildman–Crippen LogP) is 4.16. The zero-order chi connectivity index (χ0) is 22.7. The highest BCUT2D eigenvalue weighted by atomic mass is 32.2. The van der Waals surface area contributed by atoms with Crippen LogP contribution < -0.4 is 19.7 Å². The van der Waals surface area contributed by atoms with Crippen LogP contribution in [0.5, 0.6) is 11.5 Å². The molecule has 0 spiro atoms. The largest absolute Gasteiger partial charge is 0.493 e. The van der Waals surface area contributed by atoms with Gasteiger partial charge in [0.2, 0.25) is 0 Å². The maximum absolute atomic E-state index is 13.0. The first kappa shape index (κ1) is 21.7. The van der Waals surface area contributed by atoms with Crippen LogP contribution in [0.4, 0.5) is 5.69 Å². The maximum atomic E-state index is 13.0. The van der Waals surface area contributed by atoms with Crippen molar-refractivity contribution in [1.29, 1.82) is 0 Å². The molecule has 0 bridgehead atoms. The second-order valence-corrected chi connectivity index (χ2v) is 8.09. The molecule has 3 aromatic rings. The molecule has 164 valence electrons. The van der Waals surface area contributed by atoms with Crippen LogP contribution >= 0.6 is 11.8 Å². The summed E-state index contributed by atoms with van der Waals surface area (Å²) in [5, 5.41) is 3.62. The highest BCUT2D eigenvalue weighted by Gasteiger charge is 2.27. The van der Waals surface area contributed by atoms with E-state index in [1.54, 1.807) is 48.5 Å². The van der Waals surface area contributed by atoms with Gasteiger partial charge in [-0.15, -0.1) is 0 Å². The minimum atomic E-state index is -0.217. The van der Waals surface area contributed by atoms with Gasteiger partial charge in [-0.1, -0.05) is 17.8 Å².